The topological polar surface area (TPSA) is 102 Å². The lowest BCUT2D eigenvalue weighted by molar-refractivity contribution is 0.601. The molecule has 0 spiro atoms. The monoisotopic (exact) mass is 444 g/mol. The molecule has 5 aromatic rings. The van der Waals surface area contributed by atoms with Crippen molar-refractivity contribution in [3.63, 3.8) is 0 Å². The average Bonchev–Trinajstić information content (AvgIpc) is 3.19. The lowest BCUT2D eigenvalue weighted by atomic mass is 10.0. The first-order valence-corrected chi connectivity index (χ1v) is 11.6. The van der Waals surface area contributed by atoms with Crippen molar-refractivity contribution in [2.24, 2.45) is 0 Å². The second kappa shape index (κ2) is 7.69. The van der Waals surface area contributed by atoms with E-state index in [2.05, 4.69) is 38.6 Å². The first-order valence-electron chi connectivity index (χ1n) is 10.1. The third kappa shape index (κ3) is 3.46. The van der Waals surface area contributed by atoms with E-state index in [-0.39, 0.29) is 16.8 Å². The smallest absolute Gasteiger partial charge is 0.255 e. The minimum absolute atomic E-state index is 0.0135. The van der Waals surface area contributed by atoms with Crippen molar-refractivity contribution < 1.29 is 8.42 Å². The molecule has 0 aliphatic carbocycles. The van der Waals surface area contributed by atoms with Crippen LogP contribution in [0.25, 0.3) is 27.7 Å². The van der Waals surface area contributed by atoms with Crippen LogP contribution in [-0.2, 0) is 10.0 Å². The number of fused-ring (bicyclic) bond motifs is 2. The molecular formula is C23H20N6O2S. The molecule has 1 aromatic carbocycles. The zero-order chi connectivity index (χ0) is 22.3. The molecule has 160 valence electrons. The summed E-state index contributed by atoms with van der Waals surface area (Å²) in [4.78, 5) is 13.0. The number of hydrogen-bond donors (Lipinski definition) is 1. The molecule has 0 saturated heterocycles. The molecule has 0 aliphatic heterocycles. The van der Waals surface area contributed by atoms with Crippen molar-refractivity contribution >= 4 is 32.4 Å². The summed E-state index contributed by atoms with van der Waals surface area (Å²) in [5.74, 6) is 0.141. The van der Waals surface area contributed by atoms with E-state index < -0.39 is 10.0 Å². The van der Waals surface area contributed by atoms with Crippen LogP contribution in [0.1, 0.15) is 25.5 Å². The number of anilines is 1. The number of nitrogens with zero attached hydrogens (tertiary/aromatic N) is 5. The first kappa shape index (κ1) is 20.1. The number of benzene rings is 1. The lowest BCUT2D eigenvalue weighted by Crippen LogP contribution is -2.16. The van der Waals surface area contributed by atoms with Gasteiger partial charge in [0.05, 0.1) is 22.4 Å². The minimum atomic E-state index is -3.95. The molecule has 0 radical (unpaired) electrons. The summed E-state index contributed by atoms with van der Waals surface area (Å²) in [6.45, 7) is 4.12. The Morgan fingerprint density at radius 2 is 1.78 bits per heavy atom. The molecule has 0 amide bonds. The normalized spacial score (nSPS) is 12.0. The van der Waals surface area contributed by atoms with E-state index in [4.69, 9.17) is 0 Å². The maximum Gasteiger partial charge on any atom is 0.266 e. The standard InChI is InChI=1S/C23H20N6O2S/c1-15(2)21-20(18-9-3-4-14-29(18)27-21)17-11-13-25-23(26-17)28-32(30,31)19-10-5-7-16-8-6-12-24-22(16)19/h3-15H,1-2H3,(H,25,26,28). The van der Waals surface area contributed by atoms with Gasteiger partial charge < -0.3 is 0 Å². The summed E-state index contributed by atoms with van der Waals surface area (Å²) in [5.41, 5.74) is 3.61. The second-order valence-electron chi connectivity index (χ2n) is 7.65. The molecule has 5 rings (SSSR count). The van der Waals surface area contributed by atoms with Gasteiger partial charge in [-0.05, 0) is 36.2 Å². The Balaban J connectivity index is 1.59. The zero-order valence-corrected chi connectivity index (χ0v) is 18.3. The summed E-state index contributed by atoms with van der Waals surface area (Å²) < 4.78 is 30.6. The molecule has 4 aromatic heterocycles. The van der Waals surface area contributed by atoms with E-state index >= 15 is 0 Å². The van der Waals surface area contributed by atoms with Crippen molar-refractivity contribution in [1.82, 2.24) is 24.6 Å². The van der Waals surface area contributed by atoms with Crippen molar-refractivity contribution in [2.45, 2.75) is 24.7 Å². The van der Waals surface area contributed by atoms with Crippen molar-refractivity contribution in [3.8, 4) is 11.3 Å². The van der Waals surface area contributed by atoms with Crippen molar-refractivity contribution in [3.05, 3.63) is 78.9 Å². The maximum absolute atomic E-state index is 13.2. The van der Waals surface area contributed by atoms with Gasteiger partial charge in [0.2, 0.25) is 5.95 Å². The van der Waals surface area contributed by atoms with E-state index in [1.54, 1.807) is 28.9 Å². The number of hydrogen-bond acceptors (Lipinski definition) is 6. The van der Waals surface area contributed by atoms with Gasteiger partial charge in [0.15, 0.2) is 0 Å². The number of sulfonamides is 1. The summed E-state index contributed by atoms with van der Waals surface area (Å²) in [6, 6.07) is 16.2. The van der Waals surface area contributed by atoms with Crippen LogP contribution in [0.2, 0.25) is 0 Å². The van der Waals surface area contributed by atoms with Gasteiger partial charge in [-0.3, -0.25) is 4.98 Å². The van der Waals surface area contributed by atoms with Gasteiger partial charge in [-0.1, -0.05) is 38.1 Å². The molecule has 4 heterocycles. The molecule has 0 atom stereocenters. The highest BCUT2D eigenvalue weighted by atomic mass is 32.2. The van der Waals surface area contributed by atoms with Gasteiger partial charge in [-0.2, -0.15) is 5.10 Å². The summed E-state index contributed by atoms with van der Waals surface area (Å²) >= 11 is 0. The predicted octanol–water partition coefficient (Wildman–Crippen LogP) is 4.26. The van der Waals surface area contributed by atoms with Crippen LogP contribution in [-0.4, -0.2) is 33.0 Å². The zero-order valence-electron chi connectivity index (χ0n) is 17.5. The van der Waals surface area contributed by atoms with E-state index in [0.29, 0.717) is 11.2 Å². The van der Waals surface area contributed by atoms with E-state index in [1.165, 1.54) is 12.3 Å². The van der Waals surface area contributed by atoms with Crippen molar-refractivity contribution in [2.75, 3.05) is 4.72 Å². The fraction of sp³-hybridized carbons (Fsp3) is 0.130. The number of rotatable bonds is 5. The Labute approximate surface area is 185 Å². The van der Waals surface area contributed by atoms with Crippen LogP contribution in [0.5, 0.6) is 0 Å². The molecular weight excluding hydrogens is 424 g/mol. The highest BCUT2D eigenvalue weighted by molar-refractivity contribution is 7.93. The average molecular weight is 445 g/mol. The quantitative estimate of drug-likeness (QED) is 0.434. The van der Waals surface area contributed by atoms with Gasteiger partial charge in [0.25, 0.3) is 10.0 Å². The Hall–Kier alpha value is -3.85. The predicted molar refractivity (Wildman–Crippen MR) is 123 cm³/mol. The van der Waals surface area contributed by atoms with E-state index in [9.17, 15) is 8.42 Å². The van der Waals surface area contributed by atoms with Gasteiger partial charge in [0.1, 0.15) is 4.90 Å². The van der Waals surface area contributed by atoms with Gasteiger partial charge in [0, 0.05) is 29.5 Å². The van der Waals surface area contributed by atoms with Crippen LogP contribution in [0.3, 0.4) is 0 Å². The molecule has 9 heteroatoms. The Morgan fingerprint density at radius 3 is 2.62 bits per heavy atom. The molecule has 0 aliphatic rings. The number of nitrogens with one attached hydrogen (secondary N) is 1. The number of aromatic nitrogens is 5. The summed E-state index contributed by atoms with van der Waals surface area (Å²) in [5, 5.41) is 5.42. The van der Waals surface area contributed by atoms with Gasteiger partial charge in [-0.15, -0.1) is 0 Å². The Kier molecular flexibility index (Phi) is 4.82. The largest absolute Gasteiger partial charge is 0.266 e. The van der Waals surface area contributed by atoms with Gasteiger partial charge in [-0.25, -0.2) is 27.6 Å². The minimum Gasteiger partial charge on any atom is -0.255 e. The SMILES string of the molecule is CC(C)c1nn2ccccc2c1-c1ccnc(NS(=O)(=O)c2cccc3cccnc23)n1. The molecule has 0 fully saturated rings. The molecule has 1 N–H and O–H groups in total. The van der Waals surface area contributed by atoms with Crippen LogP contribution in [0.4, 0.5) is 5.95 Å². The first-order chi connectivity index (χ1) is 15.4. The summed E-state index contributed by atoms with van der Waals surface area (Å²) in [6.07, 6.45) is 4.98. The Morgan fingerprint density at radius 1 is 0.938 bits per heavy atom. The highest BCUT2D eigenvalue weighted by Gasteiger charge is 2.22. The van der Waals surface area contributed by atoms with E-state index in [1.807, 2.05) is 36.5 Å². The Bertz CT molecular complexity index is 1550. The molecule has 8 nitrogen and oxygen atoms in total. The van der Waals surface area contributed by atoms with Crippen LogP contribution >= 0.6 is 0 Å². The highest BCUT2D eigenvalue weighted by Crippen LogP contribution is 2.32. The fourth-order valence-electron chi connectivity index (χ4n) is 3.70. The summed E-state index contributed by atoms with van der Waals surface area (Å²) in [7, 11) is -3.95. The molecule has 0 unspecified atom stereocenters. The van der Waals surface area contributed by atoms with Crippen LogP contribution < -0.4 is 4.72 Å². The van der Waals surface area contributed by atoms with Crippen molar-refractivity contribution in [1.29, 1.82) is 0 Å². The van der Waals surface area contributed by atoms with E-state index in [0.717, 1.165) is 22.2 Å². The fourth-order valence-corrected chi connectivity index (χ4v) is 4.83. The number of pyridine rings is 2. The lowest BCUT2D eigenvalue weighted by Gasteiger charge is -2.10. The van der Waals surface area contributed by atoms with Crippen LogP contribution in [0.15, 0.2) is 78.1 Å². The van der Waals surface area contributed by atoms with Gasteiger partial charge >= 0.3 is 0 Å². The third-order valence-electron chi connectivity index (χ3n) is 5.14. The molecule has 0 bridgehead atoms. The third-order valence-corrected chi connectivity index (χ3v) is 6.50. The number of para-hydroxylation sites is 1. The maximum atomic E-state index is 13.2. The second-order valence-corrected chi connectivity index (χ2v) is 9.30. The van der Waals surface area contributed by atoms with Crippen LogP contribution in [0, 0.1) is 0 Å². The molecule has 32 heavy (non-hydrogen) atoms. The molecule has 0 saturated carbocycles.